The predicted molar refractivity (Wildman–Crippen MR) is 78.1 cm³/mol. The maximum atomic E-state index is 5.56. The summed E-state index contributed by atoms with van der Waals surface area (Å²) in [5.41, 5.74) is 2.96. The van der Waals surface area contributed by atoms with E-state index in [9.17, 15) is 0 Å². The molecule has 1 fully saturated rings. The van der Waals surface area contributed by atoms with Crippen LogP contribution in [-0.4, -0.2) is 24.8 Å². The SMILES string of the molecule is CC(C)C1CCC2c3cc4c(cc3CCN2C1)OCO4. The van der Waals surface area contributed by atoms with E-state index < -0.39 is 0 Å². The number of piperidine rings is 1. The van der Waals surface area contributed by atoms with Crippen LogP contribution in [0.25, 0.3) is 0 Å². The summed E-state index contributed by atoms with van der Waals surface area (Å²) in [4.78, 5) is 2.69. The maximum absolute atomic E-state index is 5.56. The van der Waals surface area contributed by atoms with E-state index >= 15 is 0 Å². The average molecular weight is 273 g/mol. The Morgan fingerprint density at radius 2 is 1.95 bits per heavy atom. The molecule has 0 aliphatic carbocycles. The number of benzene rings is 1. The highest BCUT2D eigenvalue weighted by Crippen LogP contribution is 2.44. The highest BCUT2D eigenvalue weighted by Gasteiger charge is 2.35. The Kier molecular flexibility index (Phi) is 2.92. The standard InChI is InChI=1S/C17H23NO2/c1-11(2)13-3-4-15-14-8-17-16(19-10-20-17)7-12(14)5-6-18(15)9-13/h7-8,11,13,15H,3-6,9-10H2,1-2H3. The second-order valence-corrected chi connectivity index (χ2v) is 6.75. The Bertz CT molecular complexity index is 526. The van der Waals surface area contributed by atoms with Gasteiger partial charge in [0.15, 0.2) is 11.5 Å². The highest BCUT2D eigenvalue weighted by atomic mass is 16.7. The Hall–Kier alpha value is -1.22. The Morgan fingerprint density at radius 3 is 2.75 bits per heavy atom. The molecule has 3 heterocycles. The molecule has 0 spiro atoms. The lowest BCUT2D eigenvalue weighted by atomic mass is 9.80. The molecule has 0 aromatic heterocycles. The molecule has 3 aliphatic rings. The van der Waals surface area contributed by atoms with Crippen LogP contribution in [0.2, 0.25) is 0 Å². The van der Waals surface area contributed by atoms with E-state index in [-0.39, 0.29) is 0 Å². The number of fused-ring (bicyclic) bond motifs is 4. The van der Waals surface area contributed by atoms with Crippen molar-refractivity contribution in [1.82, 2.24) is 4.90 Å². The summed E-state index contributed by atoms with van der Waals surface area (Å²) in [5, 5.41) is 0. The quantitative estimate of drug-likeness (QED) is 0.783. The fourth-order valence-electron chi connectivity index (χ4n) is 4.01. The smallest absolute Gasteiger partial charge is 0.231 e. The van der Waals surface area contributed by atoms with Crippen molar-refractivity contribution in [3.05, 3.63) is 23.3 Å². The van der Waals surface area contributed by atoms with Crippen LogP contribution in [-0.2, 0) is 6.42 Å². The normalized spacial score (nSPS) is 28.4. The van der Waals surface area contributed by atoms with Crippen LogP contribution < -0.4 is 9.47 Å². The Morgan fingerprint density at radius 1 is 1.15 bits per heavy atom. The molecule has 108 valence electrons. The first kappa shape index (κ1) is 12.5. The van der Waals surface area contributed by atoms with E-state index in [4.69, 9.17) is 9.47 Å². The lowest BCUT2D eigenvalue weighted by Gasteiger charge is -2.44. The second kappa shape index (κ2) is 4.66. The van der Waals surface area contributed by atoms with Gasteiger partial charge in [0.05, 0.1) is 0 Å². The molecule has 2 unspecified atom stereocenters. The summed E-state index contributed by atoms with van der Waals surface area (Å²) >= 11 is 0. The van der Waals surface area contributed by atoms with Gasteiger partial charge in [-0.15, -0.1) is 0 Å². The molecule has 2 atom stereocenters. The van der Waals surface area contributed by atoms with Crippen LogP contribution in [0, 0.1) is 11.8 Å². The van der Waals surface area contributed by atoms with Gasteiger partial charge in [0.1, 0.15) is 0 Å². The molecule has 20 heavy (non-hydrogen) atoms. The van der Waals surface area contributed by atoms with Gasteiger partial charge >= 0.3 is 0 Å². The zero-order valence-electron chi connectivity index (χ0n) is 12.4. The third-order valence-electron chi connectivity index (χ3n) is 5.33. The lowest BCUT2D eigenvalue weighted by Crippen LogP contribution is -2.43. The first-order valence-electron chi connectivity index (χ1n) is 7.89. The van der Waals surface area contributed by atoms with Crippen LogP contribution in [0.3, 0.4) is 0 Å². The van der Waals surface area contributed by atoms with E-state index in [2.05, 4.69) is 30.9 Å². The largest absolute Gasteiger partial charge is 0.454 e. The monoisotopic (exact) mass is 273 g/mol. The van der Waals surface area contributed by atoms with Gasteiger partial charge in [0.25, 0.3) is 0 Å². The lowest BCUT2D eigenvalue weighted by molar-refractivity contribution is 0.0795. The fourth-order valence-corrected chi connectivity index (χ4v) is 4.01. The van der Waals surface area contributed by atoms with Gasteiger partial charge in [-0.1, -0.05) is 13.8 Å². The van der Waals surface area contributed by atoms with Crippen molar-refractivity contribution in [1.29, 1.82) is 0 Å². The number of rotatable bonds is 1. The molecular formula is C17H23NO2. The molecule has 0 radical (unpaired) electrons. The van der Waals surface area contributed by atoms with Crippen LogP contribution in [0.5, 0.6) is 11.5 Å². The van der Waals surface area contributed by atoms with E-state index in [0.29, 0.717) is 12.8 Å². The zero-order chi connectivity index (χ0) is 13.7. The third kappa shape index (κ3) is 1.91. The van der Waals surface area contributed by atoms with Gasteiger partial charge in [0.2, 0.25) is 6.79 Å². The number of nitrogens with zero attached hydrogens (tertiary/aromatic N) is 1. The summed E-state index contributed by atoms with van der Waals surface area (Å²) < 4.78 is 11.1. The summed E-state index contributed by atoms with van der Waals surface area (Å²) in [7, 11) is 0. The summed E-state index contributed by atoms with van der Waals surface area (Å²) in [6.07, 6.45) is 3.79. The molecule has 3 heteroatoms. The van der Waals surface area contributed by atoms with Crippen LogP contribution >= 0.6 is 0 Å². The topological polar surface area (TPSA) is 21.7 Å². The van der Waals surface area contributed by atoms with E-state index in [1.54, 1.807) is 0 Å². The van der Waals surface area contributed by atoms with E-state index in [0.717, 1.165) is 29.8 Å². The van der Waals surface area contributed by atoms with Crippen LogP contribution in [0.15, 0.2) is 12.1 Å². The van der Waals surface area contributed by atoms with Gasteiger partial charge < -0.3 is 9.47 Å². The molecule has 1 saturated heterocycles. The molecule has 1 aromatic carbocycles. The summed E-state index contributed by atoms with van der Waals surface area (Å²) in [6, 6.07) is 5.05. The van der Waals surface area contributed by atoms with Crippen molar-refractivity contribution in [3.8, 4) is 11.5 Å². The molecule has 0 amide bonds. The predicted octanol–water partition coefficient (Wildman–Crippen LogP) is 3.38. The van der Waals surface area contributed by atoms with E-state index in [1.807, 2.05) is 0 Å². The third-order valence-corrected chi connectivity index (χ3v) is 5.33. The van der Waals surface area contributed by atoms with Crippen LogP contribution in [0.4, 0.5) is 0 Å². The van der Waals surface area contributed by atoms with Crippen molar-refractivity contribution in [2.75, 3.05) is 19.9 Å². The van der Waals surface area contributed by atoms with Crippen LogP contribution in [0.1, 0.15) is 43.9 Å². The van der Waals surface area contributed by atoms with Gasteiger partial charge in [-0.3, -0.25) is 4.90 Å². The molecular weight excluding hydrogens is 250 g/mol. The Balaban J connectivity index is 1.64. The number of hydrogen-bond donors (Lipinski definition) is 0. The highest BCUT2D eigenvalue weighted by molar-refractivity contribution is 5.50. The minimum Gasteiger partial charge on any atom is -0.454 e. The van der Waals surface area contributed by atoms with Gasteiger partial charge in [0, 0.05) is 19.1 Å². The fraction of sp³-hybridized carbons (Fsp3) is 0.647. The van der Waals surface area contributed by atoms with E-state index in [1.165, 1.54) is 37.1 Å². The number of hydrogen-bond acceptors (Lipinski definition) is 3. The molecule has 0 saturated carbocycles. The van der Waals surface area contributed by atoms with Crippen molar-refractivity contribution in [3.63, 3.8) is 0 Å². The zero-order valence-corrected chi connectivity index (χ0v) is 12.4. The second-order valence-electron chi connectivity index (χ2n) is 6.75. The first-order valence-corrected chi connectivity index (χ1v) is 7.89. The summed E-state index contributed by atoms with van der Waals surface area (Å²) in [5.74, 6) is 3.54. The molecule has 4 rings (SSSR count). The number of ether oxygens (including phenoxy) is 2. The first-order chi connectivity index (χ1) is 9.72. The van der Waals surface area contributed by atoms with Crippen molar-refractivity contribution in [2.45, 2.75) is 39.2 Å². The molecule has 1 aromatic rings. The Labute approximate surface area is 120 Å². The maximum Gasteiger partial charge on any atom is 0.231 e. The minimum absolute atomic E-state index is 0.377. The molecule has 0 N–H and O–H groups in total. The van der Waals surface area contributed by atoms with Crippen molar-refractivity contribution >= 4 is 0 Å². The average Bonchev–Trinajstić information content (AvgIpc) is 2.91. The molecule has 3 aliphatic heterocycles. The molecule has 3 nitrogen and oxygen atoms in total. The van der Waals surface area contributed by atoms with Gasteiger partial charge in [-0.05, 0) is 54.4 Å². The molecule has 0 bridgehead atoms. The van der Waals surface area contributed by atoms with Gasteiger partial charge in [-0.25, -0.2) is 0 Å². The van der Waals surface area contributed by atoms with Crippen molar-refractivity contribution < 1.29 is 9.47 Å². The summed E-state index contributed by atoms with van der Waals surface area (Å²) in [6.45, 7) is 7.56. The van der Waals surface area contributed by atoms with Gasteiger partial charge in [-0.2, -0.15) is 0 Å². The minimum atomic E-state index is 0.377. The van der Waals surface area contributed by atoms with Crippen molar-refractivity contribution in [2.24, 2.45) is 11.8 Å².